The predicted octanol–water partition coefficient (Wildman–Crippen LogP) is 4.73. The van der Waals surface area contributed by atoms with Crippen LogP contribution < -0.4 is 5.32 Å². The summed E-state index contributed by atoms with van der Waals surface area (Å²) in [7, 11) is 0. The lowest BCUT2D eigenvalue weighted by Crippen LogP contribution is -2.24. The highest BCUT2D eigenvalue weighted by molar-refractivity contribution is 5.15. The molecule has 2 unspecified atom stereocenters. The Hall–Kier alpha value is -0.890. The van der Waals surface area contributed by atoms with Crippen molar-refractivity contribution in [2.24, 2.45) is 5.92 Å². The van der Waals surface area contributed by atoms with Gasteiger partial charge in [0, 0.05) is 18.4 Å². The molecule has 0 aliphatic rings. The monoisotopic (exact) mass is 262 g/mol. The van der Waals surface area contributed by atoms with Gasteiger partial charge in [0.25, 0.3) is 0 Å². The average Bonchev–Trinajstić information content (AvgIpc) is 2.47. The molecule has 2 atom stereocenters. The Kier molecular flexibility index (Phi) is 8.48. The lowest BCUT2D eigenvalue weighted by atomic mass is 9.89. The van der Waals surface area contributed by atoms with Crippen LogP contribution in [0.3, 0.4) is 0 Å². The molecular formula is C17H30N2. The number of nitrogens with zero attached hydrogens (tertiary/aromatic N) is 1. The summed E-state index contributed by atoms with van der Waals surface area (Å²) in [6, 6.07) is 4.80. The van der Waals surface area contributed by atoms with Gasteiger partial charge in [-0.05, 0) is 43.0 Å². The van der Waals surface area contributed by atoms with Crippen molar-refractivity contribution in [2.45, 2.75) is 65.3 Å². The molecule has 2 nitrogen and oxygen atoms in total. The molecule has 1 N–H and O–H groups in total. The number of hydrogen-bond acceptors (Lipinski definition) is 2. The first-order chi connectivity index (χ1) is 9.31. The molecule has 0 aliphatic carbocycles. The average molecular weight is 262 g/mol. The van der Waals surface area contributed by atoms with Crippen LogP contribution in [0.25, 0.3) is 0 Å². The van der Waals surface area contributed by atoms with Crippen LogP contribution in [-0.2, 0) is 0 Å². The van der Waals surface area contributed by atoms with Crippen molar-refractivity contribution < 1.29 is 0 Å². The fourth-order valence-corrected chi connectivity index (χ4v) is 2.57. The van der Waals surface area contributed by atoms with E-state index in [1.807, 2.05) is 12.4 Å². The first-order valence-corrected chi connectivity index (χ1v) is 7.95. The minimum Gasteiger partial charge on any atom is -0.310 e. The molecule has 0 spiro atoms. The lowest BCUT2D eigenvalue weighted by molar-refractivity contribution is 0.353. The van der Waals surface area contributed by atoms with E-state index in [0.717, 1.165) is 12.5 Å². The molecule has 0 fully saturated rings. The van der Waals surface area contributed by atoms with E-state index in [0.29, 0.717) is 6.04 Å². The highest BCUT2D eigenvalue weighted by Gasteiger charge is 2.16. The van der Waals surface area contributed by atoms with Crippen molar-refractivity contribution >= 4 is 0 Å². The van der Waals surface area contributed by atoms with Gasteiger partial charge in [-0.15, -0.1) is 0 Å². The van der Waals surface area contributed by atoms with E-state index in [1.54, 1.807) is 0 Å². The highest BCUT2D eigenvalue weighted by Crippen LogP contribution is 2.26. The highest BCUT2D eigenvalue weighted by atomic mass is 14.9. The summed E-state index contributed by atoms with van der Waals surface area (Å²) in [6.45, 7) is 7.92. The largest absolute Gasteiger partial charge is 0.310 e. The van der Waals surface area contributed by atoms with Crippen LogP contribution in [0, 0.1) is 5.92 Å². The minimum atomic E-state index is 0.491. The van der Waals surface area contributed by atoms with Gasteiger partial charge in [-0.25, -0.2) is 0 Å². The van der Waals surface area contributed by atoms with Crippen molar-refractivity contribution in [2.75, 3.05) is 6.54 Å². The van der Waals surface area contributed by atoms with Gasteiger partial charge in [0.05, 0.1) is 0 Å². The Morgan fingerprint density at radius 1 is 1.11 bits per heavy atom. The minimum absolute atomic E-state index is 0.491. The molecule has 0 aliphatic heterocycles. The zero-order valence-corrected chi connectivity index (χ0v) is 12.9. The van der Waals surface area contributed by atoms with E-state index < -0.39 is 0 Å². The topological polar surface area (TPSA) is 24.9 Å². The second kappa shape index (κ2) is 9.96. The van der Waals surface area contributed by atoms with E-state index in [-0.39, 0.29) is 0 Å². The zero-order valence-electron chi connectivity index (χ0n) is 12.9. The number of hydrogen-bond donors (Lipinski definition) is 1. The van der Waals surface area contributed by atoms with Crippen molar-refractivity contribution in [3.8, 4) is 0 Å². The van der Waals surface area contributed by atoms with Gasteiger partial charge in [0.1, 0.15) is 0 Å². The molecule has 1 rings (SSSR count). The SMILES string of the molecule is CCCCC(CC)CC(NCCC)c1ccncc1. The van der Waals surface area contributed by atoms with Crippen LogP contribution in [0.1, 0.15) is 70.9 Å². The quantitative estimate of drug-likeness (QED) is 0.659. The van der Waals surface area contributed by atoms with Gasteiger partial charge in [0.2, 0.25) is 0 Å². The second-order valence-electron chi connectivity index (χ2n) is 5.44. The summed E-state index contributed by atoms with van der Waals surface area (Å²) in [5.41, 5.74) is 1.39. The molecule has 1 aromatic rings. The van der Waals surface area contributed by atoms with Crippen LogP contribution >= 0.6 is 0 Å². The fourth-order valence-electron chi connectivity index (χ4n) is 2.57. The summed E-state index contributed by atoms with van der Waals surface area (Å²) in [5, 5.41) is 3.70. The van der Waals surface area contributed by atoms with Gasteiger partial charge >= 0.3 is 0 Å². The second-order valence-corrected chi connectivity index (χ2v) is 5.44. The van der Waals surface area contributed by atoms with E-state index in [1.165, 1.54) is 44.1 Å². The van der Waals surface area contributed by atoms with Crippen LogP contribution in [0.5, 0.6) is 0 Å². The molecule has 1 heterocycles. The van der Waals surface area contributed by atoms with Crippen molar-refractivity contribution in [1.29, 1.82) is 0 Å². The first kappa shape index (κ1) is 16.2. The van der Waals surface area contributed by atoms with Crippen LogP contribution in [-0.4, -0.2) is 11.5 Å². The van der Waals surface area contributed by atoms with E-state index in [4.69, 9.17) is 0 Å². The Balaban J connectivity index is 2.62. The summed E-state index contributed by atoms with van der Waals surface area (Å²) in [4.78, 5) is 4.13. The maximum absolute atomic E-state index is 4.13. The third-order valence-corrected chi connectivity index (χ3v) is 3.86. The van der Waals surface area contributed by atoms with Gasteiger partial charge in [-0.3, -0.25) is 4.98 Å². The van der Waals surface area contributed by atoms with Gasteiger partial charge in [-0.2, -0.15) is 0 Å². The van der Waals surface area contributed by atoms with Gasteiger partial charge in [-0.1, -0.05) is 46.5 Å². The van der Waals surface area contributed by atoms with E-state index in [2.05, 4.69) is 43.2 Å². The third kappa shape index (κ3) is 6.20. The molecule has 0 amide bonds. The number of pyridine rings is 1. The molecule has 1 aromatic heterocycles. The molecule has 108 valence electrons. The van der Waals surface area contributed by atoms with Gasteiger partial charge < -0.3 is 5.32 Å². The third-order valence-electron chi connectivity index (χ3n) is 3.86. The molecular weight excluding hydrogens is 232 g/mol. The Bertz CT molecular complexity index is 310. The molecule has 0 saturated carbocycles. The Morgan fingerprint density at radius 3 is 2.42 bits per heavy atom. The smallest absolute Gasteiger partial charge is 0.0324 e. The van der Waals surface area contributed by atoms with Crippen LogP contribution in [0.2, 0.25) is 0 Å². The standard InChI is InChI=1S/C17H30N2/c1-4-7-8-15(6-3)14-17(19-11-5-2)16-9-12-18-13-10-16/h9-10,12-13,15,17,19H,4-8,11,14H2,1-3H3. The summed E-state index contributed by atoms with van der Waals surface area (Å²) in [6.07, 6.45) is 11.6. The van der Waals surface area contributed by atoms with E-state index >= 15 is 0 Å². The maximum atomic E-state index is 4.13. The first-order valence-electron chi connectivity index (χ1n) is 7.95. The molecule has 0 saturated heterocycles. The van der Waals surface area contributed by atoms with Crippen LogP contribution in [0.4, 0.5) is 0 Å². The van der Waals surface area contributed by atoms with Crippen molar-refractivity contribution in [3.05, 3.63) is 30.1 Å². The van der Waals surface area contributed by atoms with Crippen molar-refractivity contribution in [3.63, 3.8) is 0 Å². The predicted molar refractivity (Wildman–Crippen MR) is 83.2 cm³/mol. The summed E-state index contributed by atoms with van der Waals surface area (Å²) in [5.74, 6) is 0.836. The number of nitrogens with one attached hydrogen (secondary N) is 1. The zero-order chi connectivity index (χ0) is 13.9. The Labute approximate surface area is 119 Å². The molecule has 0 bridgehead atoms. The normalized spacial score (nSPS) is 14.3. The van der Waals surface area contributed by atoms with E-state index in [9.17, 15) is 0 Å². The lowest BCUT2D eigenvalue weighted by Gasteiger charge is -2.24. The molecule has 2 heteroatoms. The maximum Gasteiger partial charge on any atom is 0.0324 e. The van der Waals surface area contributed by atoms with Crippen molar-refractivity contribution in [1.82, 2.24) is 10.3 Å². The molecule has 0 aromatic carbocycles. The number of aromatic nitrogens is 1. The molecule has 19 heavy (non-hydrogen) atoms. The number of unbranched alkanes of at least 4 members (excludes halogenated alkanes) is 1. The Morgan fingerprint density at radius 2 is 1.84 bits per heavy atom. The number of rotatable bonds is 10. The van der Waals surface area contributed by atoms with Gasteiger partial charge in [0.15, 0.2) is 0 Å². The fraction of sp³-hybridized carbons (Fsp3) is 0.706. The summed E-state index contributed by atoms with van der Waals surface area (Å²) < 4.78 is 0. The molecule has 0 radical (unpaired) electrons. The summed E-state index contributed by atoms with van der Waals surface area (Å²) >= 11 is 0. The van der Waals surface area contributed by atoms with Crippen LogP contribution in [0.15, 0.2) is 24.5 Å².